The predicted octanol–water partition coefficient (Wildman–Crippen LogP) is 0.668. The first-order chi connectivity index (χ1) is 6.27. The number of hydrogen-bond acceptors (Lipinski definition) is 3. The maximum atomic E-state index is 11.5. The number of amides is 1. The number of nitrogens with two attached hydrogens (primary N) is 1. The molecule has 1 atom stereocenters. The molecule has 0 aromatic rings. The molecule has 1 unspecified atom stereocenters. The zero-order valence-electron chi connectivity index (χ0n) is 8.16. The molecule has 0 aromatic heterocycles. The molecular formula is C9H18N2O2. The Bertz CT molecular complexity index is 173. The van der Waals surface area contributed by atoms with Gasteiger partial charge < -0.3 is 4.90 Å². The molecule has 1 amide bonds. The molecule has 0 aliphatic carbocycles. The van der Waals surface area contributed by atoms with E-state index in [1.165, 1.54) is 0 Å². The predicted molar refractivity (Wildman–Crippen MR) is 49.8 cm³/mol. The van der Waals surface area contributed by atoms with Crippen LogP contribution in [-0.4, -0.2) is 30.0 Å². The van der Waals surface area contributed by atoms with Crippen molar-refractivity contribution in [1.29, 1.82) is 0 Å². The highest BCUT2D eigenvalue weighted by Crippen LogP contribution is 2.13. The van der Waals surface area contributed by atoms with Crippen LogP contribution in [0, 0.1) is 0 Å². The number of carbonyl (C=O) groups is 1. The maximum absolute atomic E-state index is 11.5. The second-order valence-electron chi connectivity index (χ2n) is 3.49. The van der Waals surface area contributed by atoms with Gasteiger partial charge in [0.1, 0.15) is 0 Å². The monoisotopic (exact) mass is 186 g/mol. The molecule has 1 rings (SSSR count). The molecule has 0 saturated carbocycles. The molecule has 13 heavy (non-hydrogen) atoms. The van der Waals surface area contributed by atoms with E-state index in [0.29, 0.717) is 13.0 Å². The van der Waals surface area contributed by atoms with E-state index in [9.17, 15) is 4.79 Å². The number of nitrogens with zero attached hydrogens (tertiary/aromatic N) is 1. The van der Waals surface area contributed by atoms with Crippen molar-refractivity contribution in [2.75, 3.05) is 13.1 Å². The fourth-order valence-electron chi connectivity index (χ4n) is 1.65. The third-order valence-electron chi connectivity index (χ3n) is 2.39. The van der Waals surface area contributed by atoms with E-state index in [-0.39, 0.29) is 12.0 Å². The van der Waals surface area contributed by atoms with E-state index >= 15 is 0 Å². The van der Waals surface area contributed by atoms with Gasteiger partial charge in [0.05, 0.1) is 6.10 Å². The van der Waals surface area contributed by atoms with Crippen LogP contribution >= 0.6 is 0 Å². The van der Waals surface area contributed by atoms with E-state index in [2.05, 4.69) is 0 Å². The highest BCUT2D eigenvalue weighted by Gasteiger charge is 2.22. The van der Waals surface area contributed by atoms with Crippen LogP contribution in [0.15, 0.2) is 0 Å². The van der Waals surface area contributed by atoms with E-state index in [1.807, 2.05) is 11.8 Å². The number of hydrogen-bond donors (Lipinski definition) is 1. The molecule has 76 valence electrons. The van der Waals surface area contributed by atoms with Gasteiger partial charge in [-0.1, -0.05) is 6.92 Å². The molecule has 1 aliphatic rings. The summed E-state index contributed by atoms with van der Waals surface area (Å²) in [6.45, 7) is 3.53. The van der Waals surface area contributed by atoms with Crippen LogP contribution in [-0.2, 0) is 9.63 Å². The van der Waals surface area contributed by atoms with Crippen molar-refractivity contribution >= 4 is 5.91 Å². The van der Waals surface area contributed by atoms with E-state index in [1.54, 1.807) is 0 Å². The minimum Gasteiger partial charge on any atom is -0.340 e. The first kappa shape index (κ1) is 10.5. The molecule has 0 aromatic carbocycles. The molecule has 4 heteroatoms. The normalized spacial score (nSPS) is 23.2. The lowest BCUT2D eigenvalue weighted by molar-refractivity contribution is -0.135. The first-order valence-electron chi connectivity index (χ1n) is 4.91. The van der Waals surface area contributed by atoms with E-state index in [0.717, 1.165) is 25.8 Å². The zero-order valence-corrected chi connectivity index (χ0v) is 8.16. The van der Waals surface area contributed by atoms with Crippen molar-refractivity contribution in [2.24, 2.45) is 5.90 Å². The van der Waals surface area contributed by atoms with Gasteiger partial charge in [0.25, 0.3) is 0 Å². The number of rotatable bonds is 3. The van der Waals surface area contributed by atoms with Crippen LogP contribution in [0.1, 0.15) is 32.6 Å². The summed E-state index contributed by atoms with van der Waals surface area (Å²) in [7, 11) is 0. The Kier molecular flexibility index (Phi) is 4.18. The van der Waals surface area contributed by atoms with Crippen LogP contribution in [0.4, 0.5) is 0 Å². The summed E-state index contributed by atoms with van der Waals surface area (Å²) < 4.78 is 0. The Morgan fingerprint density at radius 3 is 3.08 bits per heavy atom. The standard InChI is InChI=1S/C9H18N2O2/c1-2-4-9(12)11-6-3-5-8(7-11)13-10/h8H,2-7,10H2,1H3. The Morgan fingerprint density at radius 2 is 2.46 bits per heavy atom. The van der Waals surface area contributed by atoms with Crippen LogP contribution in [0.25, 0.3) is 0 Å². The average molecular weight is 186 g/mol. The van der Waals surface area contributed by atoms with Crippen molar-refractivity contribution in [2.45, 2.75) is 38.7 Å². The Hall–Kier alpha value is -0.610. The van der Waals surface area contributed by atoms with E-state index < -0.39 is 0 Å². The maximum Gasteiger partial charge on any atom is 0.222 e. The highest BCUT2D eigenvalue weighted by atomic mass is 16.6. The smallest absolute Gasteiger partial charge is 0.222 e. The molecule has 2 N–H and O–H groups in total. The molecule has 0 bridgehead atoms. The molecular weight excluding hydrogens is 168 g/mol. The fraction of sp³-hybridized carbons (Fsp3) is 0.889. The topological polar surface area (TPSA) is 55.6 Å². The average Bonchev–Trinajstić information content (AvgIpc) is 2.18. The number of likely N-dealkylation sites (tertiary alicyclic amines) is 1. The first-order valence-corrected chi connectivity index (χ1v) is 4.91. The van der Waals surface area contributed by atoms with Gasteiger partial charge >= 0.3 is 0 Å². The summed E-state index contributed by atoms with van der Waals surface area (Å²) in [6.07, 6.45) is 3.54. The second-order valence-corrected chi connectivity index (χ2v) is 3.49. The van der Waals surface area contributed by atoms with Crippen LogP contribution in [0.2, 0.25) is 0 Å². The van der Waals surface area contributed by atoms with Crippen LogP contribution in [0.3, 0.4) is 0 Å². The van der Waals surface area contributed by atoms with Gasteiger partial charge in [-0.2, -0.15) is 0 Å². The minimum absolute atomic E-state index is 0.0366. The van der Waals surface area contributed by atoms with Crippen molar-refractivity contribution in [3.63, 3.8) is 0 Å². The molecule has 1 saturated heterocycles. The lowest BCUT2D eigenvalue weighted by Crippen LogP contribution is -2.43. The second kappa shape index (κ2) is 5.19. The van der Waals surface area contributed by atoms with Crippen molar-refractivity contribution < 1.29 is 9.63 Å². The summed E-state index contributed by atoms with van der Waals surface area (Å²) in [5, 5.41) is 0. The lowest BCUT2D eigenvalue weighted by Gasteiger charge is -2.31. The largest absolute Gasteiger partial charge is 0.340 e. The van der Waals surface area contributed by atoms with Gasteiger partial charge in [-0.3, -0.25) is 9.63 Å². The van der Waals surface area contributed by atoms with Crippen molar-refractivity contribution in [3.8, 4) is 0 Å². The summed E-state index contributed by atoms with van der Waals surface area (Å²) in [4.78, 5) is 18.1. The highest BCUT2D eigenvalue weighted by molar-refractivity contribution is 5.76. The Labute approximate surface area is 79.0 Å². The van der Waals surface area contributed by atoms with E-state index in [4.69, 9.17) is 10.7 Å². The molecule has 0 radical (unpaired) electrons. The third kappa shape index (κ3) is 2.97. The Balaban J connectivity index is 2.37. The zero-order chi connectivity index (χ0) is 9.68. The molecule has 1 aliphatic heterocycles. The summed E-state index contributed by atoms with van der Waals surface area (Å²) in [6, 6.07) is 0. The summed E-state index contributed by atoms with van der Waals surface area (Å²) in [5.74, 6) is 5.33. The number of carbonyl (C=O) groups excluding carboxylic acids is 1. The van der Waals surface area contributed by atoms with Gasteiger partial charge in [0.2, 0.25) is 5.91 Å². The molecule has 0 spiro atoms. The van der Waals surface area contributed by atoms with Crippen LogP contribution in [0.5, 0.6) is 0 Å². The van der Waals surface area contributed by atoms with Gasteiger partial charge in [-0.05, 0) is 19.3 Å². The SMILES string of the molecule is CCCC(=O)N1CCCC(ON)C1. The lowest BCUT2D eigenvalue weighted by atomic mass is 10.1. The molecule has 1 heterocycles. The van der Waals surface area contributed by atoms with Crippen molar-refractivity contribution in [1.82, 2.24) is 4.90 Å². The quantitative estimate of drug-likeness (QED) is 0.659. The number of piperidine rings is 1. The Morgan fingerprint density at radius 1 is 1.69 bits per heavy atom. The fourth-order valence-corrected chi connectivity index (χ4v) is 1.65. The summed E-state index contributed by atoms with van der Waals surface area (Å²) in [5.41, 5.74) is 0. The van der Waals surface area contributed by atoms with Gasteiger partial charge in [0, 0.05) is 19.5 Å². The molecule has 1 fully saturated rings. The van der Waals surface area contributed by atoms with Crippen molar-refractivity contribution in [3.05, 3.63) is 0 Å². The summed E-state index contributed by atoms with van der Waals surface area (Å²) >= 11 is 0. The van der Waals surface area contributed by atoms with Gasteiger partial charge in [0.15, 0.2) is 0 Å². The van der Waals surface area contributed by atoms with Gasteiger partial charge in [-0.25, -0.2) is 5.90 Å². The minimum atomic E-state index is 0.0366. The van der Waals surface area contributed by atoms with Gasteiger partial charge in [-0.15, -0.1) is 0 Å². The van der Waals surface area contributed by atoms with Crippen LogP contribution < -0.4 is 5.90 Å². The molecule has 4 nitrogen and oxygen atoms in total. The third-order valence-corrected chi connectivity index (χ3v) is 2.39.